The average Bonchev–Trinajstić information content (AvgIpc) is 2.62. The van der Waals surface area contributed by atoms with Crippen LogP contribution in [0.2, 0.25) is 5.02 Å². The molecule has 0 saturated carbocycles. The van der Waals surface area contributed by atoms with Gasteiger partial charge in [0.2, 0.25) is 5.88 Å². The van der Waals surface area contributed by atoms with Crippen molar-refractivity contribution in [1.82, 2.24) is 10.3 Å². The number of methoxy groups -OCH3 is 1. The van der Waals surface area contributed by atoms with Crippen molar-refractivity contribution in [1.29, 1.82) is 0 Å². The zero-order chi connectivity index (χ0) is 16.1. The van der Waals surface area contributed by atoms with Crippen LogP contribution in [-0.4, -0.2) is 31.8 Å². The van der Waals surface area contributed by atoms with E-state index in [1.807, 2.05) is 18.2 Å². The highest BCUT2D eigenvalue weighted by Crippen LogP contribution is 2.31. The number of pyridine rings is 1. The minimum atomic E-state index is 0.432. The van der Waals surface area contributed by atoms with Crippen LogP contribution in [0.3, 0.4) is 0 Å². The quantitative estimate of drug-likeness (QED) is 0.910. The van der Waals surface area contributed by atoms with Gasteiger partial charge in [-0.3, -0.25) is 0 Å². The summed E-state index contributed by atoms with van der Waals surface area (Å²) in [6.07, 6.45) is 2.70. The number of ether oxygens (including phenoxy) is 2. The summed E-state index contributed by atoms with van der Waals surface area (Å²) < 4.78 is 11.1. The first-order valence-electron chi connectivity index (χ1n) is 7.85. The van der Waals surface area contributed by atoms with Crippen LogP contribution >= 0.6 is 11.6 Å². The van der Waals surface area contributed by atoms with E-state index in [-0.39, 0.29) is 0 Å². The van der Waals surface area contributed by atoms with Crippen LogP contribution in [0.25, 0.3) is 0 Å². The van der Waals surface area contributed by atoms with Crippen LogP contribution in [0.5, 0.6) is 11.6 Å². The molecule has 0 aliphatic carbocycles. The highest BCUT2D eigenvalue weighted by atomic mass is 35.5. The van der Waals surface area contributed by atoms with Crippen LogP contribution in [0.4, 0.5) is 0 Å². The Kier molecular flexibility index (Phi) is 5.36. The van der Waals surface area contributed by atoms with Crippen molar-refractivity contribution in [3.8, 4) is 11.6 Å². The predicted octanol–water partition coefficient (Wildman–Crippen LogP) is 3.52. The van der Waals surface area contributed by atoms with E-state index in [0.717, 1.165) is 25.3 Å². The van der Waals surface area contributed by atoms with E-state index in [2.05, 4.69) is 22.4 Å². The number of benzene rings is 1. The van der Waals surface area contributed by atoms with Gasteiger partial charge in [-0.2, -0.15) is 0 Å². The van der Waals surface area contributed by atoms with E-state index in [0.29, 0.717) is 29.3 Å². The lowest BCUT2D eigenvalue weighted by Crippen LogP contribution is -2.37. The third-order valence-corrected chi connectivity index (χ3v) is 4.54. The summed E-state index contributed by atoms with van der Waals surface area (Å²) in [5, 5.41) is 4.10. The van der Waals surface area contributed by atoms with Gasteiger partial charge in [-0.1, -0.05) is 23.7 Å². The number of hydrogen-bond acceptors (Lipinski definition) is 4. The minimum Gasteiger partial charge on any atom is -0.497 e. The van der Waals surface area contributed by atoms with E-state index in [9.17, 15) is 0 Å². The summed E-state index contributed by atoms with van der Waals surface area (Å²) in [7, 11) is 1.69. The van der Waals surface area contributed by atoms with Crippen molar-refractivity contribution in [3.05, 3.63) is 53.2 Å². The molecular weight excluding hydrogens is 312 g/mol. The molecule has 1 N–H and O–H groups in total. The molecule has 1 fully saturated rings. The Bertz CT molecular complexity index is 616. The first kappa shape index (κ1) is 16.1. The zero-order valence-corrected chi connectivity index (χ0v) is 13.9. The van der Waals surface area contributed by atoms with Gasteiger partial charge in [-0.15, -0.1) is 0 Å². The molecule has 1 aliphatic rings. The Hall–Kier alpha value is -1.78. The first-order valence-corrected chi connectivity index (χ1v) is 8.23. The molecule has 3 rings (SSSR count). The fraction of sp³-hybridized carbons (Fsp3) is 0.389. The van der Waals surface area contributed by atoms with Crippen LogP contribution in [0.15, 0.2) is 42.6 Å². The molecule has 0 spiro atoms. The number of halogens is 1. The first-order chi connectivity index (χ1) is 11.3. The molecule has 23 heavy (non-hydrogen) atoms. The van der Waals surface area contributed by atoms with Crippen molar-refractivity contribution in [2.75, 3.05) is 26.8 Å². The molecule has 2 aromatic rings. The van der Waals surface area contributed by atoms with Gasteiger partial charge >= 0.3 is 0 Å². The molecule has 2 unspecified atom stereocenters. The minimum absolute atomic E-state index is 0.432. The van der Waals surface area contributed by atoms with Crippen LogP contribution in [-0.2, 0) is 0 Å². The van der Waals surface area contributed by atoms with Crippen molar-refractivity contribution in [3.63, 3.8) is 0 Å². The largest absolute Gasteiger partial charge is 0.497 e. The second kappa shape index (κ2) is 7.66. The number of hydrogen-bond donors (Lipinski definition) is 1. The van der Waals surface area contributed by atoms with E-state index in [1.165, 1.54) is 5.56 Å². The van der Waals surface area contributed by atoms with Crippen molar-refractivity contribution >= 4 is 11.6 Å². The van der Waals surface area contributed by atoms with Crippen molar-refractivity contribution in [2.45, 2.75) is 12.3 Å². The molecule has 2 heterocycles. The number of nitrogens with one attached hydrogen (secondary N) is 1. The molecule has 1 aromatic heterocycles. The number of aromatic nitrogens is 1. The van der Waals surface area contributed by atoms with E-state index < -0.39 is 0 Å². The molecule has 0 radical (unpaired) electrons. The SMILES string of the molecule is COc1ccc(C2CNCCC2COc2ccc(Cl)cn2)cc1. The van der Waals surface area contributed by atoms with E-state index in [4.69, 9.17) is 21.1 Å². The molecule has 4 nitrogen and oxygen atoms in total. The summed E-state index contributed by atoms with van der Waals surface area (Å²) in [5.74, 6) is 2.40. The fourth-order valence-corrected chi connectivity index (χ4v) is 3.11. The lowest BCUT2D eigenvalue weighted by molar-refractivity contribution is 0.189. The third-order valence-electron chi connectivity index (χ3n) is 4.31. The van der Waals surface area contributed by atoms with Gasteiger partial charge < -0.3 is 14.8 Å². The smallest absolute Gasteiger partial charge is 0.213 e. The van der Waals surface area contributed by atoms with Crippen LogP contribution < -0.4 is 14.8 Å². The van der Waals surface area contributed by atoms with Gasteiger partial charge in [0.15, 0.2) is 0 Å². The van der Waals surface area contributed by atoms with Gasteiger partial charge in [0, 0.05) is 30.6 Å². The second-order valence-corrected chi connectivity index (χ2v) is 6.19. The molecule has 2 atom stereocenters. The van der Waals surface area contributed by atoms with E-state index >= 15 is 0 Å². The summed E-state index contributed by atoms with van der Waals surface area (Å²) in [4.78, 5) is 4.20. The third kappa shape index (κ3) is 4.15. The summed E-state index contributed by atoms with van der Waals surface area (Å²) in [5.41, 5.74) is 1.32. The lowest BCUT2D eigenvalue weighted by Gasteiger charge is -2.32. The highest BCUT2D eigenvalue weighted by molar-refractivity contribution is 6.30. The topological polar surface area (TPSA) is 43.4 Å². The zero-order valence-electron chi connectivity index (χ0n) is 13.2. The molecule has 1 aromatic carbocycles. The molecule has 122 valence electrons. The van der Waals surface area contributed by atoms with Gasteiger partial charge in [-0.05, 0) is 36.7 Å². The van der Waals surface area contributed by atoms with Crippen molar-refractivity contribution < 1.29 is 9.47 Å². The Balaban J connectivity index is 1.66. The molecular formula is C18H21ClN2O2. The lowest BCUT2D eigenvalue weighted by atomic mass is 9.82. The normalized spacial score (nSPS) is 21.0. The van der Waals surface area contributed by atoms with E-state index in [1.54, 1.807) is 19.4 Å². The standard InChI is InChI=1S/C18H21ClN2O2/c1-22-16-5-2-13(3-6-16)17-11-20-9-8-14(17)12-23-18-7-4-15(19)10-21-18/h2-7,10,14,17,20H,8-9,11-12H2,1H3. The predicted molar refractivity (Wildman–Crippen MR) is 91.5 cm³/mol. The van der Waals surface area contributed by atoms with Crippen molar-refractivity contribution in [2.24, 2.45) is 5.92 Å². The Morgan fingerprint density at radius 3 is 2.74 bits per heavy atom. The Labute approximate surface area is 141 Å². The summed E-state index contributed by atoms with van der Waals surface area (Å²) in [6, 6.07) is 11.9. The summed E-state index contributed by atoms with van der Waals surface area (Å²) in [6.45, 7) is 2.65. The second-order valence-electron chi connectivity index (χ2n) is 5.76. The molecule has 1 aliphatic heterocycles. The van der Waals surface area contributed by atoms with Gasteiger partial charge in [0.1, 0.15) is 5.75 Å². The monoisotopic (exact) mass is 332 g/mol. The Morgan fingerprint density at radius 2 is 2.04 bits per heavy atom. The molecule has 0 bridgehead atoms. The number of rotatable bonds is 5. The highest BCUT2D eigenvalue weighted by Gasteiger charge is 2.27. The van der Waals surface area contributed by atoms with Gasteiger partial charge in [0.05, 0.1) is 18.7 Å². The Morgan fingerprint density at radius 1 is 1.22 bits per heavy atom. The average molecular weight is 333 g/mol. The number of nitrogens with zero attached hydrogens (tertiary/aromatic N) is 1. The van der Waals surface area contributed by atoms with Gasteiger partial charge in [0.25, 0.3) is 0 Å². The molecule has 0 amide bonds. The maximum absolute atomic E-state index is 5.87. The van der Waals surface area contributed by atoms with Crippen LogP contribution in [0, 0.1) is 5.92 Å². The molecule has 1 saturated heterocycles. The maximum atomic E-state index is 5.87. The fourth-order valence-electron chi connectivity index (χ4n) is 2.99. The maximum Gasteiger partial charge on any atom is 0.213 e. The van der Waals surface area contributed by atoms with Gasteiger partial charge in [-0.25, -0.2) is 4.98 Å². The molecule has 5 heteroatoms. The summed E-state index contributed by atoms with van der Waals surface area (Å²) >= 11 is 5.85. The number of piperidine rings is 1. The van der Waals surface area contributed by atoms with Crippen LogP contribution in [0.1, 0.15) is 17.9 Å².